The summed E-state index contributed by atoms with van der Waals surface area (Å²) in [6.45, 7) is 4.37. The quantitative estimate of drug-likeness (QED) is 0.906. The highest BCUT2D eigenvalue weighted by molar-refractivity contribution is 5.85. The Morgan fingerprint density at radius 3 is 2.74 bits per heavy atom. The summed E-state index contributed by atoms with van der Waals surface area (Å²) >= 11 is 0. The number of hydrogen-bond acceptors (Lipinski definition) is 3. The minimum Gasteiger partial charge on any atom is -0.373 e. The SMILES string of the molecule is Cc1ccc(CC(=O)N2CCOC(CN)C2)cc1.Cl. The van der Waals surface area contributed by atoms with E-state index in [1.807, 2.05) is 36.1 Å². The summed E-state index contributed by atoms with van der Waals surface area (Å²) in [6.07, 6.45) is 0.443. The van der Waals surface area contributed by atoms with Crippen molar-refractivity contribution in [1.82, 2.24) is 4.90 Å². The zero-order chi connectivity index (χ0) is 13.0. The van der Waals surface area contributed by atoms with Crippen molar-refractivity contribution >= 4 is 18.3 Å². The molecular formula is C14H21ClN2O2. The van der Waals surface area contributed by atoms with Crippen LogP contribution in [0.2, 0.25) is 0 Å². The van der Waals surface area contributed by atoms with Gasteiger partial charge < -0.3 is 15.4 Å². The summed E-state index contributed by atoms with van der Waals surface area (Å²) in [5.74, 6) is 0.153. The van der Waals surface area contributed by atoms with Crippen molar-refractivity contribution in [3.63, 3.8) is 0 Å². The number of carbonyl (C=O) groups is 1. The van der Waals surface area contributed by atoms with Crippen LogP contribution in [0.3, 0.4) is 0 Å². The van der Waals surface area contributed by atoms with Gasteiger partial charge in [0.1, 0.15) is 0 Å². The highest BCUT2D eigenvalue weighted by Crippen LogP contribution is 2.09. The Kier molecular flexibility index (Phi) is 6.28. The monoisotopic (exact) mass is 284 g/mol. The molecule has 5 heteroatoms. The van der Waals surface area contributed by atoms with Gasteiger partial charge in [-0.05, 0) is 12.5 Å². The highest BCUT2D eigenvalue weighted by atomic mass is 35.5. The molecular weight excluding hydrogens is 264 g/mol. The number of benzene rings is 1. The van der Waals surface area contributed by atoms with E-state index in [-0.39, 0.29) is 24.4 Å². The Morgan fingerprint density at radius 2 is 2.11 bits per heavy atom. The topological polar surface area (TPSA) is 55.6 Å². The molecule has 2 N–H and O–H groups in total. The fourth-order valence-electron chi connectivity index (χ4n) is 2.08. The average molecular weight is 285 g/mol. The van der Waals surface area contributed by atoms with E-state index >= 15 is 0 Å². The summed E-state index contributed by atoms with van der Waals surface area (Å²) in [5, 5.41) is 0. The zero-order valence-corrected chi connectivity index (χ0v) is 12.0. The Hall–Kier alpha value is -1.10. The second kappa shape index (κ2) is 7.48. The molecule has 1 unspecified atom stereocenters. The van der Waals surface area contributed by atoms with Gasteiger partial charge in [-0.3, -0.25) is 4.79 Å². The van der Waals surface area contributed by atoms with Gasteiger partial charge in [0, 0.05) is 19.6 Å². The number of ether oxygens (including phenoxy) is 1. The molecule has 4 nitrogen and oxygen atoms in total. The van der Waals surface area contributed by atoms with Gasteiger partial charge in [0.2, 0.25) is 5.91 Å². The minimum absolute atomic E-state index is 0. The second-order valence-corrected chi connectivity index (χ2v) is 4.73. The molecule has 19 heavy (non-hydrogen) atoms. The van der Waals surface area contributed by atoms with Crippen LogP contribution in [0.4, 0.5) is 0 Å². The van der Waals surface area contributed by atoms with Crippen LogP contribution in [-0.4, -0.2) is 43.2 Å². The van der Waals surface area contributed by atoms with Gasteiger partial charge in [0.15, 0.2) is 0 Å². The first-order chi connectivity index (χ1) is 8.69. The molecule has 1 aliphatic rings. The van der Waals surface area contributed by atoms with Crippen molar-refractivity contribution in [3.8, 4) is 0 Å². The van der Waals surface area contributed by atoms with Gasteiger partial charge in [-0.2, -0.15) is 0 Å². The van der Waals surface area contributed by atoms with Crippen LogP contribution >= 0.6 is 12.4 Å². The lowest BCUT2D eigenvalue weighted by molar-refractivity contribution is -0.137. The number of aryl methyl sites for hydroxylation is 1. The van der Waals surface area contributed by atoms with E-state index in [0.29, 0.717) is 32.7 Å². The van der Waals surface area contributed by atoms with Gasteiger partial charge in [0.05, 0.1) is 19.1 Å². The molecule has 2 rings (SSSR count). The number of nitrogens with two attached hydrogens (primary N) is 1. The van der Waals surface area contributed by atoms with Gasteiger partial charge in [-0.15, -0.1) is 12.4 Å². The summed E-state index contributed by atoms with van der Waals surface area (Å²) in [5.41, 5.74) is 7.84. The third kappa shape index (κ3) is 4.49. The van der Waals surface area contributed by atoms with Crippen LogP contribution in [0.25, 0.3) is 0 Å². The van der Waals surface area contributed by atoms with Gasteiger partial charge in [-0.1, -0.05) is 29.8 Å². The average Bonchev–Trinajstić information content (AvgIpc) is 2.41. The number of carbonyl (C=O) groups excluding carboxylic acids is 1. The predicted molar refractivity (Wildman–Crippen MR) is 77.5 cm³/mol. The van der Waals surface area contributed by atoms with Crippen LogP contribution in [-0.2, 0) is 16.0 Å². The standard InChI is InChI=1S/C14H20N2O2.ClH/c1-11-2-4-12(5-3-11)8-14(17)16-6-7-18-13(9-15)10-16;/h2-5,13H,6-10,15H2,1H3;1H. The van der Waals surface area contributed by atoms with Crippen molar-refractivity contribution in [3.05, 3.63) is 35.4 Å². The smallest absolute Gasteiger partial charge is 0.227 e. The molecule has 0 bridgehead atoms. The Balaban J connectivity index is 0.00000180. The lowest BCUT2D eigenvalue weighted by atomic mass is 10.1. The van der Waals surface area contributed by atoms with Crippen LogP contribution in [0.1, 0.15) is 11.1 Å². The van der Waals surface area contributed by atoms with Crippen molar-refractivity contribution in [2.75, 3.05) is 26.2 Å². The second-order valence-electron chi connectivity index (χ2n) is 4.73. The molecule has 0 saturated carbocycles. The number of morpholine rings is 1. The lowest BCUT2D eigenvalue weighted by Crippen LogP contribution is -2.48. The lowest BCUT2D eigenvalue weighted by Gasteiger charge is -2.32. The number of amides is 1. The molecule has 1 atom stereocenters. The van der Waals surface area contributed by atoms with Gasteiger partial charge >= 0.3 is 0 Å². The third-order valence-electron chi connectivity index (χ3n) is 3.23. The first kappa shape index (κ1) is 16.0. The fraction of sp³-hybridized carbons (Fsp3) is 0.500. The summed E-state index contributed by atoms with van der Waals surface area (Å²) < 4.78 is 5.45. The maximum atomic E-state index is 12.1. The number of hydrogen-bond donors (Lipinski definition) is 1. The molecule has 1 aliphatic heterocycles. The molecule has 0 aliphatic carbocycles. The fourth-order valence-corrected chi connectivity index (χ4v) is 2.08. The maximum absolute atomic E-state index is 12.1. The predicted octanol–water partition coefficient (Wildman–Crippen LogP) is 1.15. The molecule has 1 heterocycles. The molecule has 0 aromatic heterocycles. The Labute approximate surface area is 120 Å². The number of halogens is 1. The van der Waals surface area contributed by atoms with Gasteiger partial charge in [0.25, 0.3) is 0 Å². The maximum Gasteiger partial charge on any atom is 0.227 e. The molecule has 1 aromatic carbocycles. The van der Waals surface area contributed by atoms with Crippen molar-refractivity contribution in [2.45, 2.75) is 19.4 Å². The van der Waals surface area contributed by atoms with Crippen LogP contribution in [0, 0.1) is 6.92 Å². The van der Waals surface area contributed by atoms with E-state index in [2.05, 4.69) is 0 Å². The minimum atomic E-state index is -0.0132. The zero-order valence-electron chi connectivity index (χ0n) is 11.2. The van der Waals surface area contributed by atoms with Crippen LogP contribution in [0.15, 0.2) is 24.3 Å². The van der Waals surface area contributed by atoms with E-state index in [0.717, 1.165) is 5.56 Å². The van der Waals surface area contributed by atoms with Crippen molar-refractivity contribution < 1.29 is 9.53 Å². The van der Waals surface area contributed by atoms with Crippen molar-refractivity contribution in [1.29, 1.82) is 0 Å². The molecule has 1 fully saturated rings. The van der Waals surface area contributed by atoms with Gasteiger partial charge in [-0.25, -0.2) is 0 Å². The Morgan fingerprint density at radius 1 is 1.42 bits per heavy atom. The normalized spacial score (nSPS) is 18.8. The highest BCUT2D eigenvalue weighted by Gasteiger charge is 2.23. The van der Waals surface area contributed by atoms with Crippen molar-refractivity contribution in [2.24, 2.45) is 5.73 Å². The van der Waals surface area contributed by atoms with E-state index in [1.54, 1.807) is 0 Å². The number of nitrogens with zero attached hydrogens (tertiary/aromatic N) is 1. The Bertz CT molecular complexity index is 408. The summed E-state index contributed by atoms with van der Waals surface area (Å²) in [4.78, 5) is 14.0. The molecule has 1 saturated heterocycles. The molecule has 106 valence electrons. The van der Waals surface area contributed by atoms with E-state index in [1.165, 1.54) is 5.56 Å². The first-order valence-electron chi connectivity index (χ1n) is 6.34. The van der Waals surface area contributed by atoms with E-state index in [4.69, 9.17) is 10.5 Å². The number of rotatable bonds is 3. The van der Waals surface area contributed by atoms with Crippen LogP contribution in [0.5, 0.6) is 0 Å². The summed E-state index contributed by atoms with van der Waals surface area (Å²) in [6, 6.07) is 8.08. The van der Waals surface area contributed by atoms with Crippen LogP contribution < -0.4 is 5.73 Å². The molecule has 0 spiro atoms. The van der Waals surface area contributed by atoms with E-state index in [9.17, 15) is 4.79 Å². The molecule has 1 aromatic rings. The summed E-state index contributed by atoms with van der Waals surface area (Å²) in [7, 11) is 0. The van der Waals surface area contributed by atoms with E-state index < -0.39 is 0 Å². The molecule has 0 radical (unpaired) electrons. The first-order valence-corrected chi connectivity index (χ1v) is 6.34. The third-order valence-corrected chi connectivity index (χ3v) is 3.23. The molecule has 1 amide bonds. The largest absolute Gasteiger partial charge is 0.373 e.